The van der Waals surface area contributed by atoms with Crippen LogP contribution in [0.15, 0.2) is 18.2 Å². The Morgan fingerprint density at radius 1 is 1.40 bits per heavy atom. The van der Waals surface area contributed by atoms with Crippen LogP contribution in [-0.2, 0) is 0 Å². The molecule has 0 bridgehead atoms. The first-order chi connectivity index (χ1) is 9.38. The molecule has 0 spiro atoms. The molecule has 1 aromatic carbocycles. The van der Waals surface area contributed by atoms with Crippen molar-refractivity contribution in [1.29, 1.82) is 0 Å². The monoisotopic (exact) mass is 310 g/mol. The van der Waals surface area contributed by atoms with Gasteiger partial charge in [-0.15, -0.1) is 0 Å². The molecule has 0 radical (unpaired) electrons. The van der Waals surface area contributed by atoms with E-state index in [4.69, 9.17) is 16.7 Å². The van der Waals surface area contributed by atoms with Crippen molar-refractivity contribution in [2.75, 3.05) is 5.32 Å². The molecular weight excluding hydrogens is 300 g/mol. The van der Waals surface area contributed by atoms with Crippen LogP contribution in [0.2, 0.25) is 5.02 Å². The number of nitrogens with zero attached hydrogens (tertiary/aromatic N) is 1. The highest BCUT2D eigenvalue weighted by Gasteiger charge is 2.20. The Hall–Kier alpha value is -1.92. The van der Waals surface area contributed by atoms with E-state index >= 15 is 0 Å². The number of carbonyl (C=O) groups is 2. The summed E-state index contributed by atoms with van der Waals surface area (Å²) in [7, 11) is 0. The second-order valence-corrected chi connectivity index (χ2v) is 5.57. The van der Waals surface area contributed by atoms with Gasteiger partial charge in [0.25, 0.3) is 0 Å². The van der Waals surface area contributed by atoms with Gasteiger partial charge in [0.2, 0.25) is 0 Å². The number of carboxylic acids is 1. The van der Waals surface area contributed by atoms with E-state index in [-0.39, 0.29) is 16.4 Å². The number of hydrogen-bond acceptors (Lipinski definition) is 5. The highest BCUT2D eigenvalue weighted by molar-refractivity contribution is 7.17. The molecule has 2 rings (SSSR count). The number of hydrogen-bond donors (Lipinski definition) is 2. The summed E-state index contributed by atoms with van der Waals surface area (Å²) in [5, 5.41) is 12.8. The minimum atomic E-state index is -1.23. The predicted molar refractivity (Wildman–Crippen MR) is 78.5 cm³/mol. The van der Waals surface area contributed by atoms with Crippen LogP contribution in [0.1, 0.15) is 32.6 Å². The Balaban J connectivity index is 2.37. The van der Waals surface area contributed by atoms with Crippen LogP contribution in [0.3, 0.4) is 0 Å². The zero-order valence-electron chi connectivity index (χ0n) is 10.7. The second kappa shape index (κ2) is 5.60. The van der Waals surface area contributed by atoms with Crippen molar-refractivity contribution in [3.05, 3.63) is 39.4 Å². The first kappa shape index (κ1) is 14.5. The van der Waals surface area contributed by atoms with Crippen molar-refractivity contribution in [2.24, 2.45) is 0 Å². The van der Waals surface area contributed by atoms with Gasteiger partial charge < -0.3 is 10.4 Å². The van der Waals surface area contributed by atoms with Gasteiger partial charge in [0.05, 0.1) is 10.7 Å². The van der Waals surface area contributed by atoms with E-state index in [9.17, 15) is 9.59 Å². The molecule has 2 N–H and O–H groups in total. The number of anilines is 2. The smallest absolute Gasteiger partial charge is 0.356 e. The minimum Gasteiger partial charge on any atom is -0.476 e. The SMILES string of the molecule is CC(=O)c1sc(Nc2ccc(C)cc2Cl)nc1C(=O)O. The number of rotatable bonds is 4. The van der Waals surface area contributed by atoms with Crippen molar-refractivity contribution in [1.82, 2.24) is 4.98 Å². The third kappa shape index (κ3) is 2.97. The molecule has 1 heterocycles. The normalized spacial score (nSPS) is 10.3. The molecule has 1 aromatic heterocycles. The van der Waals surface area contributed by atoms with Gasteiger partial charge in [-0.1, -0.05) is 29.0 Å². The molecular formula is C13H11ClN2O3S. The molecule has 0 aliphatic carbocycles. The summed E-state index contributed by atoms with van der Waals surface area (Å²) in [5.74, 6) is -1.56. The summed E-state index contributed by atoms with van der Waals surface area (Å²) >= 11 is 7.07. The number of ketones is 1. The summed E-state index contributed by atoms with van der Waals surface area (Å²) < 4.78 is 0. The molecule has 5 nitrogen and oxygen atoms in total. The topological polar surface area (TPSA) is 79.3 Å². The van der Waals surface area contributed by atoms with E-state index in [2.05, 4.69) is 10.3 Å². The van der Waals surface area contributed by atoms with Crippen molar-refractivity contribution >= 4 is 45.5 Å². The van der Waals surface area contributed by atoms with Gasteiger partial charge >= 0.3 is 5.97 Å². The Morgan fingerprint density at radius 2 is 2.10 bits per heavy atom. The summed E-state index contributed by atoms with van der Waals surface area (Å²) in [4.78, 5) is 26.5. The van der Waals surface area contributed by atoms with Gasteiger partial charge in [-0.3, -0.25) is 4.79 Å². The summed E-state index contributed by atoms with van der Waals surface area (Å²) in [6, 6.07) is 5.42. The lowest BCUT2D eigenvalue weighted by molar-refractivity contribution is 0.0687. The Kier molecular flexibility index (Phi) is 4.06. The average molecular weight is 311 g/mol. The Morgan fingerprint density at radius 3 is 2.60 bits per heavy atom. The number of aromatic carboxylic acids is 1. The molecule has 2 aromatic rings. The van der Waals surface area contributed by atoms with E-state index in [1.165, 1.54) is 6.92 Å². The molecule has 104 valence electrons. The van der Waals surface area contributed by atoms with Crippen molar-refractivity contribution in [3.8, 4) is 0 Å². The summed E-state index contributed by atoms with van der Waals surface area (Å²) in [5.41, 5.74) is 1.38. The number of thiazole rings is 1. The summed E-state index contributed by atoms with van der Waals surface area (Å²) in [6.07, 6.45) is 0. The van der Waals surface area contributed by atoms with Crippen LogP contribution in [0.5, 0.6) is 0 Å². The number of Topliss-reactive ketones (excluding diaryl/α,β-unsaturated/α-hetero) is 1. The number of carbonyl (C=O) groups excluding carboxylic acids is 1. The third-order valence-corrected chi connectivity index (χ3v) is 3.90. The molecule has 0 aliphatic rings. The van der Waals surface area contributed by atoms with Crippen molar-refractivity contribution < 1.29 is 14.7 Å². The minimum absolute atomic E-state index is 0.114. The molecule has 0 unspecified atom stereocenters. The fraction of sp³-hybridized carbons (Fsp3) is 0.154. The zero-order chi connectivity index (χ0) is 14.9. The van der Waals surface area contributed by atoms with Gasteiger partial charge in [-0.25, -0.2) is 9.78 Å². The predicted octanol–water partition coefficient (Wildman–Crippen LogP) is 3.75. The van der Waals surface area contributed by atoms with Crippen LogP contribution < -0.4 is 5.32 Å². The fourth-order valence-corrected chi connectivity index (χ4v) is 2.74. The Bertz CT molecular complexity index is 665. The molecule has 0 fully saturated rings. The highest BCUT2D eigenvalue weighted by atomic mass is 35.5. The van der Waals surface area contributed by atoms with Gasteiger partial charge in [0.15, 0.2) is 16.6 Å². The van der Waals surface area contributed by atoms with Crippen molar-refractivity contribution in [3.63, 3.8) is 0 Å². The van der Waals surface area contributed by atoms with Crippen LogP contribution in [0.25, 0.3) is 0 Å². The van der Waals surface area contributed by atoms with Gasteiger partial charge in [-0.2, -0.15) is 0 Å². The number of carboxylic acid groups (broad SMARTS) is 1. The molecule has 0 atom stereocenters. The lowest BCUT2D eigenvalue weighted by Gasteiger charge is -2.05. The number of aryl methyl sites for hydroxylation is 1. The lowest BCUT2D eigenvalue weighted by Crippen LogP contribution is -2.03. The van der Waals surface area contributed by atoms with E-state index in [0.717, 1.165) is 16.9 Å². The number of nitrogens with one attached hydrogen (secondary N) is 1. The second-order valence-electron chi connectivity index (χ2n) is 4.17. The van der Waals surface area contributed by atoms with Crippen molar-refractivity contribution in [2.45, 2.75) is 13.8 Å². The van der Waals surface area contributed by atoms with Crippen LogP contribution in [0.4, 0.5) is 10.8 Å². The van der Waals surface area contributed by atoms with Crippen LogP contribution in [0, 0.1) is 6.92 Å². The zero-order valence-corrected chi connectivity index (χ0v) is 12.3. The number of halogens is 1. The van der Waals surface area contributed by atoms with Gasteiger partial charge in [0.1, 0.15) is 4.88 Å². The fourth-order valence-electron chi connectivity index (χ4n) is 1.59. The van der Waals surface area contributed by atoms with E-state index in [1.807, 2.05) is 13.0 Å². The largest absolute Gasteiger partial charge is 0.476 e. The van der Waals surface area contributed by atoms with Crippen LogP contribution in [-0.4, -0.2) is 21.8 Å². The third-order valence-electron chi connectivity index (χ3n) is 2.52. The quantitative estimate of drug-likeness (QED) is 0.841. The highest BCUT2D eigenvalue weighted by Crippen LogP contribution is 2.30. The maximum atomic E-state index is 11.4. The van der Waals surface area contributed by atoms with Gasteiger partial charge in [-0.05, 0) is 24.6 Å². The first-order valence-electron chi connectivity index (χ1n) is 5.66. The van der Waals surface area contributed by atoms with E-state index in [0.29, 0.717) is 15.8 Å². The standard InChI is InChI=1S/C13H11ClN2O3S/c1-6-3-4-9(8(14)5-6)15-13-16-10(12(18)19)11(20-13)7(2)17/h3-5H,1-2H3,(H,15,16)(H,18,19). The summed E-state index contributed by atoms with van der Waals surface area (Å²) in [6.45, 7) is 3.22. The number of aromatic nitrogens is 1. The molecule has 7 heteroatoms. The maximum Gasteiger partial charge on any atom is 0.356 e. The lowest BCUT2D eigenvalue weighted by atomic mass is 10.2. The molecule has 0 amide bonds. The van der Waals surface area contributed by atoms with E-state index < -0.39 is 5.97 Å². The Labute approximate surface area is 124 Å². The molecule has 0 aliphatic heterocycles. The molecule has 0 saturated heterocycles. The molecule has 20 heavy (non-hydrogen) atoms. The molecule has 0 saturated carbocycles. The van der Waals surface area contributed by atoms with E-state index in [1.54, 1.807) is 12.1 Å². The first-order valence-corrected chi connectivity index (χ1v) is 6.86. The average Bonchev–Trinajstić information content (AvgIpc) is 2.77. The van der Waals surface area contributed by atoms with Crippen LogP contribution >= 0.6 is 22.9 Å². The number of benzene rings is 1. The van der Waals surface area contributed by atoms with Gasteiger partial charge in [0, 0.05) is 6.92 Å². The maximum absolute atomic E-state index is 11.4.